The lowest BCUT2D eigenvalue weighted by Crippen LogP contribution is -2.58. The van der Waals surface area contributed by atoms with E-state index in [0.29, 0.717) is 5.96 Å². The first-order valence-corrected chi connectivity index (χ1v) is 10.6. The summed E-state index contributed by atoms with van der Waals surface area (Å²) in [6, 6.07) is 17.0. The van der Waals surface area contributed by atoms with Crippen molar-refractivity contribution in [1.82, 2.24) is 0 Å². The predicted octanol–water partition coefficient (Wildman–Crippen LogP) is 4.19. The number of benzene rings is 2. The zero-order chi connectivity index (χ0) is 18.9. The largest absolute Gasteiger partial charge is 0.369 e. The van der Waals surface area contributed by atoms with Gasteiger partial charge in [-0.15, -0.1) is 11.8 Å². The van der Waals surface area contributed by atoms with E-state index in [1.54, 1.807) is 11.8 Å². The van der Waals surface area contributed by atoms with Crippen LogP contribution in [0.5, 0.6) is 0 Å². The highest BCUT2D eigenvalue weighted by Crippen LogP contribution is 2.40. The fourth-order valence-corrected chi connectivity index (χ4v) is 4.79. The average Bonchev–Trinajstić information content (AvgIpc) is 2.68. The zero-order valence-corrected chi connectivity index (χ0v) is 16.4. The Kier molecular flexibility index (Phi) is 4.83. The summed E-state index contributed by atoms with van der Waals surface area (Å²) in [6.07, 6.45) is 7.47. The van der Waals surface area contributed by atoms with Crippen molar-refractivity contribution < 1.29 is 0 Å². The molecular weight excluding hydrogens is 354 g/mol. The molecule has 0 amide bonds. The summed E-state index contributed by atoms with van der Waals surface area (Å²) in [5.41, 5.74) is 15.3. The second-order valence-electron chi connectivity index (χ2n) is 7.07. The molecule has 0 bridgehead atoms. The number of anilines is 1. The van der Waals surface area contributed by atoms with Crippen molar-refractivity contribution in [1.29, 1.82) is 0 Å². The number of hydrogen-bond donors (Lipinski definition) is 2. The smallest absolute Gasteiger partial charge is 0.220 e. The van der Waals surface area contributed by atoms with Crippen molar-refractivity contribution in [2.45, 2.75) is 42.7 Å². The third-order valence-corrected chi connectivity index (χ3v) is 6.19. The summed E-state index contributed by atoms with van der Waals surface area (Å²) in [4.78, 5) is 12.3. The summed E-state index contributed by atoms with van der Waals surface area (Å²) in [7, 11) is 0. The molecule has 1 heterocycles. The SMILES string of the molecule is CSc1ccccc1-c1ccc(N2C(N)=NC(N)=NC23CCCCC3)cc1. The van der Waals surface area contributed by atoms with Crippen LogP contribution in [0.3, 0.4) is 0 Å². The number of rotatable bonds is 3. The average molecular weight is 380 g/mol. The van der Waals surface area contributed by atoms with Crippen LogP contribution >= 0.6 is 11.8 Å². The zero-order valence-electron chi connectivity index (χ0n) is 15.6. The van der Waals surface area contributed by atoms with Crippen molar-refractivity contribution in [2.24, 2.45) is 21.5 Å². The van der Waals surface area contributed by atoms with E-state index < -0.39 is 5.66 Å². The van der Waals surface area contributed by atoms with Crippen LogP contribution in [0.1, 0.15) is 32.1 Å². The van der Waals surface area contributed by atoms with Gasteiger partial charge in [0.15, 0.2) is 0 Å². The Hall–Kier alpha value is -2.47. The van der Waals surface area contributed by atoms with E-state index in [-0.39, 0.29) is 5.96 Å². The lowest BCUT2D eigenvalue weighted by atomic mass is 9.87. The maximum atomic E-state index is 6.31. The molecular formula is C21H25N5S. The van der Waals surface area contributed by atoms with E-state index in [9.17, 15) is 0 Å². The van der Waals surface area contributed by atoms with E-state index in [4.69, 9.17) is 16.5 Å². The van der Waals surface area contributed by atoms with Crippen LogP contribution in [0.25, 0.3) is 11.1 Å². The third kappa shape index (κ3) is 3.30. The van der Waals surface area contributed by atoms with Crippen LogP contribution in [-0.2, 0) is 0 Å². The summed E-state index contributed by atoms with van der Waals surface area (Å²) >= 11 is 1.76. The number of guanidine groups is 2. The molecule has 4 N–H and O–H groups in total. The molecule has 0 saturated heterocycles. The van der Waals surface area contributed by atoms with Gasteiger partial charge in [0, 0.05) is 10.6 Å². The number of thioether (sulfide) groups is 1. The van der Waals surface area contributed by atoms with Crippen molar-refractivity contribution in [3.63, 3.8) is 0 Å². The van der Waals surface area contributed by atoms with Crippen LogP contribution in [0.4, 0.5) is 5.69 Å². The van der Waals surface area contributed by atoms with Gasteiger partial charge >= 0.3 is 0 Å². The molecule has 1 aliphatic heterocycles. The molecule has 1 fully saturated rings. The Morgan fingerprint density at radius 1 is 0.963 bits per heavy atom. The number of nitrogens with zero attached hydrogens (tertiary/aromatic N) is 3. The standard InChI is InChI=1S/C21H25N5S/c1-27-18-8-4-3-7-17(18)15-9-11-16(12-10-15)26-20(23)24-19(22)25-21(26)13-5-2-6-14-21/h3-4,7-12H,2,5-6,13-14H2,1H3,(H4,22,23,24,25). The third-order valence-electron chi connectivity index (χ3n) is 5.39. The Balaban J connectivity index is 1.71. The predicted molar refractivity (Wildman–Crippen MR) is 115 cm³/mol. The van der Waals surface area contributed by atoms with Gasteiger partial charge in [-0.05, 0) is 61.3 Å². The van der Waals surface area contributed by atoms with Crippen LogP contribution < -0.4 is 16.4 Å². The maximum absolute atomic E-state index is 6.31. The van der Waals surface area contributed by atoms with E-state index in [0.717, 1.165) is 31.4 Å². The molecule has 6 heteroatoms. The molecule has 0 unspecified atom stereocenters. The van der Waals surface area contributed by atoms with Crippen molar-refractivity contribution in [3.05, 3.63) is 48.5 Å². The van der Waals surface area contributed by atoms with Crippen LogP contribution in [0.15, 0.2) is 63.4 Å². The monoisotopic (exact) mass is 379 g/mol. The quantitative estimate of drug-likeness (QED) is 0.784. The first kappa shape index (κ1) is 17.9. The molecule has 4 rings (SSSR count). The number of hydrogen-bond acceptors (Lipinski definition) is 6. The molecule has 5 nitrogen and oxygen atoms in total. The molecule has 2 aliphatic rings. The first-order valence-electron chi connectivity index (χ1n) is 9.36. The van der Waals surface area contributed by atoms with Crippen LogP contribution in [0.2, 0.25) is 0 Å². The first-order chi connectivity index (χ1) is 13.1. The minimum atomic E-state index is -0.396. The highest BCUT2D eigenvalue weighted by Gasteiger charge is 2.42. The van der Waals surface area contributed by atoms with E-state index in [2.05, 4.69) is 64.7 Å². The normalized spacial score (nSPS) is 18.9. The molecule has 1 spiro atoms. The van der Waals surface area contributed by atoms with Gasteiger partial charge in [0.25, 0.3) is 0 Å². The maximum Gasteiger partial charge on any atom is 0.220 e. The summed E-state index contributed by atoms with van der Waals surface area (Å²) in [6.45, 7) is 0. The molecule has 2 aromatic rings. The van der Waals surface area contributed by atoms with Gasteiger partial charge in [0.2, 0.25) is 11.9 Å². The molecule has 1 aliphatic carbocycles. The van der Waals surface area contributed by atoms with Crippen LogP contribution in [0, 0.1) is 0 Å². The van der Waals surface area contributed by atoms with E-state index in [1.807, 2.05) is 0 Å². The fraction of sp³-hybridized carbons (Fsp3) is 0.333. The summed E-state index contributed by atoms with van der Waals surface area (Å²) in [5.74, 6) is 0.720. The van der Waals surface area contributed by atoms with Gasteiger partial charge < -0.3 is 11.5 Å². The topological polar surface area (TPSA) is 80.0 Å². The van der Waals surface area contributed by atoms with Crippen molar-refractivity contribution in [3.8, 4) is 11.1 Å². The van der Waals surface area contributed by atoms with Crippen LogP contribution in [-0.4, -0.2) is 23.8 Å². The Morgan fingerprint density at radius 2 is 1.67 bits per heavy atom. The number of aliphatic imine (C=N–C) groups is 2. The molecule has 0 aromatic heterocycles. The minimum absolute atomic E-state index is 0.288. The second-order valence-corrected chi connectivity index (χ2v) is 7.91. The van der Waals surface area contributed by atoms with Gasteiger partial charge in [-0.2, -0.15) is 4.99 Å². The van der Waals surface area contributed by atoms with Crippen molar-refractivity contribution in [2.75, 3.05) is 11.2 Å². The summed E-state index contributed by atoms with van der Waals surface area (Å²) in [5, 5.41) is 0. The van der Waals surface area contributed by atoms with Gasteiger partial charge in [-0.25, -0.2) is 4.99 Å². The number of nitrogens with two attached hydrogens (primary N) is 2. The Bertz CT molecular complexity index is 882. The highest BCUT2D eigenvalue weighted by atomic mass is 32.2. The summed E-state index contributed by atoms with van der Waals surface area (Å²) < 4.78 is 0. The van der Waals surface area contributed by atoms with Gasteiger partial charge in [0.05, 0.1) is 0 Å². The van der Waals surface area contributed by atoms with E-state index >= 15 is 0 Å². The van der Waals surface area contributed by atoms with Crippen molar-refractivity contribution >= 4 is 29.4 Å². The molecule has 2 aromatic carbocycles. The molecule has 0 radical (unpaired) electrons. The second kappa shape index (κ2) is 7.27. The Labute approximate surface area is 164 Å². The van der Waals surface area contributed by atoms with Gasteiger partial charge in [-0.1, -0.05) is 36.8 Å². The minimum Gasteiger partial charge on any atom is -0.369 e. The Morgan fingerprint density at radius 3 is 2.37 bits per heavy atom. The van der Waals surface area contributed by atoms with Gasteiger partial charge in [0.1, 0.15) is 5.66 Å². The molecule has 140 valence electrons. The highest BCUT2D eigenvalue weighted by molar-refractivity contribution is 7.98. The van der Waals surface area contributed by atoms with Gasteiger partial charge in [-0.3, -0.25) is 4.90 Å². The molecule has 1 saturated carbocycles. The molecule has 0 atom stereocenters. The lowest BCUT2D eigenvalue weighted by Gasteiger charge is -2.45. The lowest BCUT2D eigenvalue weighted by molar-refractivity contribution is 0.305. The molecule has 27 heavy (non-hydrogen) atoms. The fourth-order valence-electron chi connectivity index (χ4n) is 4.17. The van der Waals surface area contributed by atoms with E-state index in [1.165, 1.54) is 22.4 Å².